The minimum absolute atomic E-state index is 1.55. The Balaban J connectivity index is 3.71. The molecule has 0 saturated carbocycles. The van der Waals surface area contributed by atoms with Gasteiger partial charge in [0, 0.05) is 5.97 Å². The van der Waals surface area contributed by atoms with Gasteiger partial charge in [-0.2, -0.15) is 0 Å². The fraction of sp³-hybridized carbons (Fsp3) is 0.750. The second-order valence-electron chi connectivity index (χ2n) is 1.54. The van der Waals surface area contributed by atoms with Gasteiger partial charge in [0.2, 0.25) is 0 Å². The van der Waals surface area contributed by atoms with E-state index >= 15 is 0 Å². The lowest BCUT2D eigenvalue weighted by Crippen LogP contribution is -2.32. The largest absolute Gasteiger partial charge is 0.550 e. The molecule has 0 saturated heterocycles. The first-order chi connectivity index (χ1) is 3.98. The highest BCUT2D eigenvalue weighted by molar-refractivity contribution is 5.65. The van der Waals surface area contributed by atoms with Gasteiger partial charge < -0.3 is 9.90 Å². The second-order valence-corrected chi connectivity index (χ2v) is 1.54. The van der Waals surface area contributed by atoms with Crippen LogP contribution in [-0.2, 0) is 4.79 Å². The number of alkyl halides is 3. The highest BCUT2D eigenvalue weighted by Crippen LogP contribution is 2.17. The zero-order chi connectivity index (χ0) is 7.49. The molecule has 0 spiro atoms. The van der Waals surface area contributed by atoms with E-state index in [9.17, 15) is 23.1 Å². The van der Waals surface area contributed by atoms with Crippen LogP contribution in [0.15, 0.2) is 0 Å². The van der Waals surface area contributed by atoms with E-state index in [1.165, 1.54) is 0 Å². The molecule has 0 N–H and O–H groups in total. The monoisotopic (exact) mass is 141 g/mol. The number of carboxylic acid groups (broad SMARTS) is 1. The third-order valence-electron chi connectivity index (χ3n) is 0.598. The van der Waals surface area contributed by atoms with Crippen molar-refractivity contribution in [2.45, 2.75) is 12.3 Å². The predicted molar refractivity (Wildman–Crippen MR) is 20.5 cm³/mol. The highest BCUT2D eigenvalue weighted by atomic mass is 19.3. The van der Waals surface area contributed by atoms with Crippen LogP contribution in [0.3, 0.4) is 0 Å². The molecule has 0 unspecified atom stereocenters. The number of halogens is 3. The first kappa shape index (κ1) is 8.26. The van der Waals surface area contributed by atoms with Crippen molar-refractivity contribution in [2.75, 3.05) is 6.67 Å². The quantitative estimate of drug-likeness (QED) is 0.542. The molecule has 54 valence electrons. The van der Waals surface area contributed by atoms with E-state index in [1.807, 2.05) is 0 Å². The number of hydrogen-bond acceptors (Lipinski definition) is 2. The molecule has 0 aromatic carbocycles. The number of aliphatic carboxylic acids is 1. The zero-order valence-electron chi connectivity index (χ0n) is 4.36. The number of carboxylic acids is 1. The maximum Gasteiger partial charge on any atom is 0.281 e. The third kappa shape index (κ3) is 3.81. The van der Waals surface area contributed by atoms with Crippen LogP contribution in [0.2, 0.25) is 0 Å². The fourth-order valence-electron chi connectivity index (χ4n) is 0.258. The molecule has 0 radical (unpaired) electrons. The summed E-state index contributed by atoms with van der Waals surface area (Å²) < 4.78 is 34.3. The van der Waals surface area contributed by atoms with Crippen molar-refractivity contribution in [3.8, 4) is 0 Å². The normalized spacial score (nSPS) is 11.4. The van der Waals surface area contributed by atoms with Crippen molar-refractivity contribution in [3.63, 3.8) is 0 Å². The van der Waals surface area contributed by atoms with Crippen LogP contribution < -0.4 is 5.11 Å². The van der Waals surface area contributed by atoms with E-state index in [2.05, 4.69) is 0 Å². The average molecular weight is 141 g/mol. The SMILES string of the molecule is O=C([O-])CC(F)(F)CF. The van der Waals surface area contributed by atoms with Gasteiger partial charge in [0.1, 0.15) is 0 Å². The number of hydrogen-bond donors (Lipinski definition) is 0. The lowest BCUT2D eigenvalue weighted by atomic mass is 10.3. The average Bonchev–Trinajstić information content (AvgIpc) is 1.63. The lowest BCUT2D eigenvalue weighted by molar-refractivity contribution is -0.310. The first-order valence-electron chi connectivity index (χ1n) is 2.11. The molecule has 0 fully saturated rings. The summed E-state index contributed by atoms with van der Waals surface area (Å²) in [5.41, 5.74) is 0. The molecule has 0 aliphatic heterocycles. The summed E-state index contributed by atoms with van der Waals surface area (Å²) in [6.45, 7) is -1.96. The molecule has 0 aliphatic carbocycles. The molecule has 9 heavy (non-hydrogen) atoms. The Bertz CT molecular complexity index is 112. The summed E-state index contributed by atoms with van der Waals surface area (Å²) in [6.07, 6.45) is -1.55. The summed E-state index contributed by atoms with van der Waals surface area (Å²) in [6, 6.07) is 0. The molecule has 0 bridgehead atoms. The smallest absolute Gasteiger partial charge is 0.281 e. The fourth-order valence-corrected chi connectivity index (χ4v) is 0.258. The van der Waals surface area contributed by atoms with Gasteiger partial charge in [0.25, 0.3) is 5.92 Å². The molecule has 0 amide bonds. The molecular formula is C4H4F3O2-. The van der Waals surface area contributed by atoms with Crippen LogP contribution in [0.5, 0.6) is 0 Å². The van der Waals surface area contributed by atoms with E-state index in [0.29, 0.717) is 0 Å². The maximum absolute atomic E-state index is 11.6. The van der Waals surface area contributed by atoms with E-state index in [0.717, 1.165) is 0 Å². The minimum atomic E-state index is -3.77. The molecular weight excluding hydrogens is 137 g/mol. The molecule has 0 heterocycles. The maximum atomic E-state index is 11.6. The van der Waals surface area contributed by atoms with Gasteiger partial charge in [0.05, 0.1) is 6.42 Å². The first-order valence-corrected chi connectivity index (χ1v) is 2.11. The second kappa shape index (κ2) is 2.70. The van der Waals surface area contributed by atoms with Crippen molar-refractivity contribution >= 4 is 5.97 Å². The van der Waals surface area contributed by atoms with Crippen LogP contribution in [0.4, 0.5) is 13.2 Å². The molecule has 0 aromatic rings. The highest BCUT2D eigenvalue weighted by Gasteiger charge is 2.28. The van der Waals surface area contributed by atoms with Crippen molar-refractivity contribution in [1.82, 2.24) is 0 Å². The van der Waals surface area contributed by atoms with Crippen molar-refractivity contribution in [3.05, 3.63) is 0 Å². The summed E-state index contributed by atoms with van der Waals surface area (Å²) >= 11 is 0. The van der Waals surface area contributed by atoms with Crippen molar-refractivity contribution in [2.24, 2.45) is 0 Å². The van der Waals surface area contributed by atoms with Crippen molar-refractivity contribution < 1.29 is 23.1 Å². The van der Waals surface area contributed by atoms with E-state index in [1.54, 1.807) is 0 Å². The Hall–Kier alpha value is -0.740. The zero-order valence-corrected chi connectivity index (χ0v) is 4.36. The number of rotatable bonds is 3. The van der Waals surface area contributed by atoms with Crippen molar-refractivity contribution in [1.29, 1.82) is 0 Å². The molecule has 0 aliphatic rings. The van der Waals surface area contributed by atoms with Gasteiger partial charge >= 0.3 is 0 Å². The topological polar surface area (TPSA) is 40.1 Å². The van der Waals surface area contributed by atoms with Crippen LogP contribution in [-0.4, -0.2) is 18.6 Å². The van der Waals surface area contributed by atoms with Crippen LogP contribution in [0.25, 0.3) is 0 Å². The van der Waals surface area contributed by atoms with Gasteiger partial charge in [-0.3, -0.25) is 0 Å². The van der Waals surface area contributed by atoms with Crippen LogP contribution >= 0.6 is 0 Å². The Morgan fingerprint density at radius 2 is 2.00 bits per heavy atom. The Morgan fingerprint density at radius 1 is 1.56 bits per heavy atom. The Morgan fingerprint density at radius 3 is 2.11 bits per heavy atom. The van der Waals surface area contributed by atoms with Gasteiger partial charge in [-0.05, 0) is 0 Å². The Labute approximate surface area is 49.3 Å². The number of carbonyl (C=O) groups is 1. The van der Waals surface area contributed by atoms with Gasteiger partial charge in [-0.25, -0.2) is 13.2 Å². The molecule has 2 nitrogen and oxygen atoms in total. The van der Waals surface area contributed by atoms with Crippen LogP contribution in [0, 0.1) is 0 Å². The lowest BCUT2D eigenvalue weighted by Gasteiger charge is -2.11. The summed E-state index contributed by atoms with van der Waals surface area (Å²) in [4.78, 5) is 9.42. The van der Waals surface area contributed by atoms with Gasteiger partial charge in [-0.1, -0.05) is 0 Å². The third-order valence-corrected chi connectivity index (χ3v) is 0.598. The van der Waals surface area contributed by atoms with E-state index in [-0.39, 0.29) is 0 Å². The summed E-state index contributed by atoms with van der Waals surface area (Å²) in [7, 11) is 0. The number of carbonyl (C=O) groups excluding carboxylic acids is 1. The van der Waals surface area contributed by atoms with E-state index < -0.39 is 25.0 Å². The molecule has 0 rings (SSSR count). The van der Waals surface area contributed by atoms with E-state index in [4.69, 9.17) is 0 Å². The predicted octanol–water partition coefficient (Wildman–Crippen LogP) is -0.269. The molecule has 0 aromatic heterocycles. The van der Waals surface area contributed by atoms with Gasteiger partial charge in [0.15, 0.2) is 6.67 Å². The minimum Gasteiger partial charge on any atom is -0.550 e. The summed E-state index contributed by atoms with van der Waals surface area (Å²) in [5.74, 6) is -5.71. The summed E-state index contributed by atoms with van der Waals surface area (Å²) in [5, 5.41) is 9.42. The van der Waals surface area contributed by atoms with Gasteiger partial charge in [-0.15, -0.1) is 0 Å². The molecule has 0 atom stereocenters. The van der Waals surface area contributed by atoms with Crippen LogP contribution in [0.1, 0.15) is 6.42 Å². The molecule has 5 heteroatoms. The Kier molecular flexibility index (Phi) is 2.48. The standard InChI is InChI=1S/C4H5F3O2/c5-2-4(6,7)1-3(8)9/h1-2H2,(H,8,9)/p-1.